The zero-order chi connectivity index (χ0) is 17.9. The SMILES string of the molecule is O=C(NCCCc1ccccn1)[C@H]1[C@@H]2CNC[C@@H](C2)[C@@H]2CCCC(=O)N21. The average Bonchev–Trinajstić information content (AvgIpc) is 2.67. The van der Waals surface area contributed by atoms with Crippen LogP contribution in [0.2, 0.25) is 0 Å². The van der Waals surface area contributed by atoms with Gasteiger partial charge in [-0.05, 0) is 56.7 Å². The molecule has 0 radical (unpaired) electrons. The predicted octanol–water partition coefficient (Wildman–Crippen LogP) is 1.12. The van der Waals surface area contributed by atoms with Gasteiger partial charge in [-0.1, -0.05) is 6.07 Å². The Balaban J connectivity index is 1.38. The Kier molecular flexibility index (Phi) is 5.20. The topological polar surface area (TPSA) is 74.3 Å². The molecule has 2 N–H and O–H groups in total. The number of nitrogens with zero attached hydrogens (tertiary/aromatic N) is 2. The number of aromatic nitrogens is 1. The summed E-state index contributed by atoms with van der Waals surface area (Å²) < 4.78 is 0. The zero-order valence-corrected chi connectivity index (χ0v) is 15.2. The third-order valence-corrected chi connectivity index (χ3v) is 6.15. The van der Waals surface area contributed by atoms with Crippen LogP contribution < -0.4 is 10.6 Å². The number of pyridine rings is 1. The molecule has 0 aromatic carbocycles. The molecule has 0 unspecified atom stereocenters. The molecular formula is C20H28N4O2. The van der Waals surface area contributed by atoms with Crippen molar-refractivity contribution in [2.45, 2.75) is 50.6 Å². The molecule has 4 atom stereocenters. The van der Waals surface area contributed by atoms with E-state index >= 15 is 0 Å². The van der Waals surface area contributed by atoms with Crippen LogP contribution in [0.5, 0.6) is 0 Å². The van der Waals surface area contributed by atoms with Crippen molar-refractivity contribution in [3.63, 3.8) is 0 Å². The molecule has 2 amide bonds. The van der Waals surface area contributed by atoms with Gasteiger partial charge in [0.15, 0.2) is 0 Å². The van der Waals surface area contributed by atoms with Gasteiger partial charge in [-0.2, -0.15) is 0 Å². The normalized spacial score (nSPS) is 30.6. The van der Waals surface area contributed by atoms with E-state index in [0.29, 0.717) is 18.9 Å². The monoisotopic (exact) mass is 356 g/mol. The summed E-state index contributed by atoms with van der Waals surface area (Å²) in [6, 6.07) is 5.84. The second-order valence-corrected chi connectivity index (χ2v) is 7.84. The number of rotatable bonds is 5. The maximum Gasteiger partial charge on any atom is 0.243 e. The summed E-state index contributed by atoms with van der Waals surface area (Å²) in [4.78, 5) is 31.8. The van der Waals surface area contributed by atoms with E-state index in [2.05, 4.69) is 15.6 Å². The molecule has 2 bridgehead atoms. The van der Waals surface area contributed by atoms with E-state index in [0.717, 1.165) is 50.9 Å². The standard InChI is InChI=1S/C20H28N4O2/c25-18-8-3-7-17-14-11-15(13-21-12-14)19(24(17)18)20(26)23-10-4-6-16-5-1-2-9-22-16/h1-2,5,9,14-15,17,19,21H,3-4,6-8,10-13H2,(H,23,26)/t14-,15+,17+,19-/m1/s1. The number of hydrogen-bond acceptors (Lipinski definition) is 4. The van der Waals surface area contributed by atoms with Gasteiger partial charge < -0.3 is 15.5 Å². The molecule has 1 aromatic rings. The van der Waals surface area contributed by atoms with Crippen LogP contribution in [-0.2, 0) is 16.0 Å². The molecule has 4 rings (SSSR count). The Labute approximate surface area is 154 Å². The van der Waals surface area contributed by atoms with Crippen LogP contribution in [0.15, 0.2) is 24.4 Å². The van der Waals surface area contributed by atoms with E-state index < -0.39 is 0 Å². The van der Waals surface area contributed by atoms with Gasteiger partial charge in [0.05, 0.1) is 0 Å². The minimum absolute atomic E-state index is 0.0263. The van der Waals surface area contributed by atoms with Crippen molar-refractivity contribution >= 4 is 11.8 Å². The van der Waals surface area contributed by atoms with Crippen molar-refractivity contribution < 1.29 is 9.59 Å². The van der Waals surface area contributed by atoms with Crippen LogP contribution in [0.3, 0.4) is 0 Å². The van der Waals surface area contributed by atoms with Gasteiger partial charge in [0.25, 0.3) is 0 Å². The minimum atomic E-state index is -0.299. The number of nitrogens with one attached hydrogen (secondary N) is 2. The first-order valence-corrected chi connectivity index (χ1v) is 9.93. The summed E-state index contributed by atoms with van der Waals surface area (Å²) in [5, 5.41) is 6.57. The van der Waals surface area contributed by atoms with Crippen molar-refractivity contribution in [3.05, 3.63) is 30.1 Å². The maximum atomic E-state index is 13.0. The average molecular weight is 356 g/mol. The van der Waals surface area contributed by atoms with Crippen molar-refractivity contribution in [1.29, 1.82) is 0 Å². The predicted molar refractivity (Wildman–Crippen MR) is 98.3 cm³/mol. The molecule has 3 fully saturated rings. The Morgan fingerprint density at radius 3 is 3.04 bits per heavy atom. The van der Waals surface area contributed by atoms with E-state index in [4.69, 9.17) is 0 Å². The molecular weight excluding hydrogens is 328 g/mol. The van der Waals surface area contributed by atoms with Crippen molar-refractivity contribution in [2.75, 3.05) is 19.6 Å². The highest BCUT2D eigenvalue weighted by molar-refractivity contribution is 5.89. The molecule has 26 heavy (non-hydrogen) atoms. The summed E-state index contributed by atoms with van der Waals surface area (Å²) in [6.45, 7) is 2.44. The van der Waals surface area contributed by atoms with Crippen LogP contribution in [-0.4, -0.2) is 53.4 Å². The molecule has 0 aliphatic carbocycles. The number of amides is 2. The summed E-state index contributed by atoms with van der Waals surface area (Å²) in [5.74, 6) is 0.943. The molecule has 1 aromatic heterocycles. The first-order chi connectivity index (χ1) is 12.7. The van der Waals surface area contributed by atoms with Gasteiger partial charge in [-0.3, -0.25) is 14.6 Å². The molecule has 140 valence electrons. The highest BCUT2D eigenvalue weighted by Gasteiger charge is 2.50. The molecule has 0 spiro atoms. The molecule has 4 heterocycles. The Bertz CT molecular complexity index is 650. The van der Waals surface area contributed by atoms with Crippen molar-refractivity contribution in [1.82, 2.24) is 20.5 Å². The van der Waals surface area contributed by atoms with Gasteiger partial charge >= 0.3 is 0 Å². The molecule has 3 saturated heterocycles. The summed E-state index contributed by atoms with van der Waals surface area (Å²) in [7, 11) is 0. The molecule has 6 heteroatoms. The van der Waals surface area contributed by atoms with Crippen LogP contribution in [0.4, 0.5) is 0 Å². The molecule has 3 aliphatic heterocycles. The first kappa shape index (κ1) is 17.5. The second-order valence-electron chi connectivity index (χ2n) is 7.84. The van der Waals surface area contributed by atoms with E-state index in [1.807, 2.05) is 23.1 Å². The van der Waals surface area contributed by atoms with E-state index in [9.17, 15) is 9.59 Å². The number of aryl methyl sites for hydroxylation is 1. The summed E-state index contributed by atoms with van der Waals surface area (Å²) in [5.41, 5.74) is 1.05. The third kappa shape index (κ3) is 3.47. The zero-order valence-electron chi connectivity index (χ0n) is 15.2. The van der Waals surface area contributed by atoms with Gasteiger partial charge in [0.2, 0.25) is 11.8 Å². The molecule has 0 saturated carbocycles. The van der Waals surface area contributed by atoms with Crippen LogP contribution in [0.1, 0.15) is 37.8 Å². The fourth-order valence-corrected chi connectivity index (χ4v) is 4.98. The lowest BCUT2D eigenvalue weighted by Crippen LogP contribution is -2.68. The van der Waals surface area contributed by atoms with E-state index in [-0.39, 0.29) is 29.8 Å². The molecule has 3 aliphatic rings. The highest BCUT2D eigenvalue weighted by Crippen LogP contribution is 2.39. The Morgan fingerprint density at radius 1 is 1.31 bits per heavy atom. The fourth-order valence-electron chi connectivity index (χ4n) is 4.98. The number of fused-ring (bicyclic) bond motifs is 4. The quantitative estimate of drug-likeness (QED) is 0.776. The van der Waals surface area contributed by atoms with Gasteiger partial charge in [-0.25, -0.2) is 0 Å². The van der Waals surface area contributed by atoms with Crippen LogP contribution in [0.25, 0.3) is 0 Å². The number of piperidine rings is 3. The highest BCUT2D eigenvalue weighted by atomic mass is 16.2. The number of carbonyl (C=O) groups is 2. The lowest BCUT2D eigenvalue weighted by Gasteiger charge is -2.53. The Morgan fingerprint density at radius 2 is 2.19 bits per heavy atom. The van der Waals surface area contributed by atoms with Gasteiger partial charge in [0, 0.05) is 43.4 Å². The number of carbonyl (C=O) groups excluding carboxylic acids is 2. The van der Waals surface area contributed by atoms with E-state index in [1.54, 1.807) is 6.20 Å². The molecule has 6 nitrogen and oxygen atoms in total. The van der Waals surface area contributed by atoms with Crippen molar-refractivity contribution in [2.24, 2.45) is 11.8 Å². The largest absolute Gasteiger partial charge is 0.354 e. The van der Waals surface area contributed by atoms with Crippen molar-refractivity contribution in [3.8, 4) is 0 Å². The fraction of sp³-hybridized carbons (Fsp3) is 0.650. The maximum absolute atomic E-state index is 13.0. The van der Waals surface area contributed by atoms with Crippen LogP contribution >= 0.6 is 0 Å². The van der Waals surface area contributed by atoms with E-state index in [1.165, 1.54) is 0 Å². The second kappa shape index (κ2) is 7.74. The first-order valence-electron chi connectivity index (χ1n) is 9.93. The minimum Gasteiger partial charge on any atom is -0.354 e. The summed E-state index contributed by atoms with van der Waals surface area (Å²) in [6.07, 6.45) is 7.15. The lowest BCUT2D eigenvalue weighted by molar-refractivity contribution is -0.157. The lowest BCUT2D eigenvalue weighted by atomic mass is 9.72. The van der Waals surface area contributed by atoms with Gasteiger partial charge in [-0.15, -0.1) is 0 Å². The van der Waals surface area contributed by atoms with Crippen LogP contribution in [0, 0.1) is 11.8 Å². The summed E-state index contributed by atoms with van der Waals surface area (Å²) >= 11 is 0. The number of hydrogen-bond donors (Lipinski definition) is 2. The van der Waals surface area contributed by atoms with Gasteiger partial charge in [0.1, 0.15) is 6.04 Å². The Hall–Kier alpha value is -1.95. The third-order valence-electron chi connectivity index (χ3n) is 6.15. The smallest absolute Gasteiger partial charge is 0.243 e.